The van der Waals surface area contributed by atoms with Gasteiger partial charge in [-0.1, -0.05) is 28.1 Å². The Morgan fingerprint density at radius 2 is 2.41 bits per heavy atom. The molecule has 0 radical (unpaired) electrons. The van der Waals surface area contributed by atoms with Gasteiger partial charge in [0, 0.05) is 17.6 Å². The minimum atomic E-state index is -0.855. The van der Waals surface area contributed by atoms with E-state index in [9.17, 15) is 4.79 Å². The van der Waals surface area contributed by atoms with Gasteiger partial charge in [0.1, 0.15) is 5.54 Å². The quantitative estimate of drug-likeness (QED) is 0.881. The van der Waals surface area contributed by atoms with Gasteiger partial charge in [0.15, 0.2) is 0 Å². The Morgan fingerprint density at radius 1 is 1.59 bits per heavy atom. The van der Waals surface area contributed by atoms with E-state index in [-0.39, 0.29) is 5.91 Å². The van der Waals surface area contributed by atoms with Crippen LogP contribution in [0.5, 0.6) is 0 Å². The van der Waals surface area contributed by atoms with Crippen LogP contribution in [0.4, 0.5) is 0 Å². The van der Waals surface area contributed by atoms with Gasteiger partial charge in [-0.05, 0) is 24.1 Å². The summed E-state index contributed by atoms with van der Waals surface area (Å²) in [6.45, 7) is 1.34. The van der Waals surface area contributed by atoms with Crippen LogP contribution < -0.4 is 11.1 Å². The molecule has 0 aromatic heterocycles. The highest BCUT2D eigenvalue weighted by molar-refractivity contribution is 9.10. The van der Waals surface area contributed by atoms with Gasteiger partial charge in [-0.15, -0.1) is 0 Å². The average molecular weight is 299 g/mol. The molecule has 4 nitrogen and oxygen atoms in total. The summed E-state index contributed by atoms with van der Waals surface area (Å²) in [5.41, 5.74) is 6.13. The van der Waals surface area contributed by atoms with Gasteiger partial charge in [-0.3, -0.25) is 4.79 Å². The molecule has 1 aliphatic rings. The number of hydrogen-bond acceptors (Lipinski definition) is 3. The number of carbonyl (C=O) groups is 1. The fraction of sp³-hybridized carbons (Fsp3) is 0.417. The normalized spacial score (nSPS) is 23.6. The predicted molar refractivity (Wildman–Crippen MR) is 68.3 cm³/mol. The second-order valence-electron chi connectivity index (χ2n) is 4.27. The molecule has 17 heavy (non-hydrogen) atoms. The molecule has 5 heteroatoms. The first-order valence-electron chi connectivity index (χ1n) is 5.49. The minimum absolute atomic E-state index is 0.144. The first kappa shape index (κ1) is 12.5. The lowest BCUT2D eigenvalue weighted by atomic mass is 9.99. The van der Waals surface area contributed by atoms with Crippen molar-refractivity contribution in [1.82, 2.24) is 5.32 Å². The molecule has 1 aromatic rings. The van der Waals surface area contributed by atoms with E-state index in [1.54, 1.807) is 0 Å². The first-order valence-corrected chi connectivity index (χ1v) is 6.29. The fourth-order valence-corrected chi connectivity index (χ4v) is 2.21. The number of hydrogen-bond donors (Lipinski definition) is 2. The second kappa shape index (κ2) is 5.16. The molecule has 1 aromatic carbocycles. The lowest BCUT2D eigenvalue weighted by Gasteiger charge is -2.20. The summed E-state index contributed by atoms with van der Waals surface area (Å²) in [6, 6.07) is 7.80. The molecule has 1 heterocycles. The zero-order valence-corrected chi connectivity index (χ0v) is 11.0. The van der Waals surface area contributed by atoms with Crippen molar-refractivity contribution in [2.24, 2.45) is 5.73 Å². The van der Waals surface area contributed by atoms with E-state index in [1.165, 1.54) is 0 Å². The van der Waals surface area contributed by atoms with Gasteiger partial charge < -0.3 is 15.8 Å². The number of halogens is 1. The standard InChI is InChI=1S/C12H15BrN2O2/c13-10-3-1-2-9(6-10)7-15-11(16)12(14)4-5-17-8-12/h1-3,6H,4-5,7-8,14H2,(H,15,16). The Labute approximate surface area is 109 Å². The van der Waals surface area contributed by atoms with Crippen molar-refractivity contribution in [3.8, 4) is 0 Å². The molecule has 1 saturated heterocycles. The molecule has 0 spiro atoms. The maximum atomic E-state index is 11.9. The van der Waals surface area contributed by atoms with Crippen molar-refractivity contribution >= 4 is 21.8 Å². The summed E-state index contributed by atoms with van der Waals surface area (Å²) < 4.78 is 6.16. The average Bonchev–Trinajstić information content (AvgIpc) is 2.74. The van der Waals surface area contributed by atoms with Gasteiger partial charge in [0.25, 0.3) is 0 Å². The highest BCUT2D eigenvalue weighted by atomic mass is 79.9. The summed E-state index contributed by atoms with van der Waals surface area (Å²) >= 11 is 3.39. The highest BCUT2D eigenvalue weighted by Gasteiger charge is 2.37. The number of nitrogens with one attached hydrogen (secondary N) is 1. The molecule has 1 aliphatic heterocycles. The molecule has 0 aliphatic carbocycles. The summed E-state index contributed by atoms with van der Waals surface area (Å²) in [7, 11) is 0. The van der Waals surface area contributed by atoms with E-state index in [4.69, 9.17) is 10.5 Å². The number of benzene rings is 1. The van der Waals surface area contributed by atoms with Crippen molar-refractivity contribution in [1.29, 1.82) is 0 Å². The lowest BCUT2D eigenvalue weighted by Crippen LogP contribution is -2.54. The summed E-state index contributed by atoms with van der Waals surface area (Å²) in [6.07, 6.45) is 0.581. The monoisotopic (exact) mass is 298 g/mol. The second-order valence-corrected chi connectivity index (χ2v) is 5.19. The summed E-state index contributed by atoms with van der Waals surface area (Å²) in [5.74, 6) is -0.144. The van der Waals surface area contributed by atoms with Crippen molar-refractivity contribution in [2.75, 3.05) is 13.2 Å². The van der Waals surface area contributed by atoms with Crippen molar-refractivity contribution in [2.45, 2.75) is 18.5 Å². The zero-order chi connectivity index (χ0) is 12.3. The molecule has 1 atom stereocenters. The van der Waals surface area contributed by atoms with E-state index >= 15 is 0 Å². The predicted octanol–water partition coefficient (Wildman–Crippen LogP) is 1.18. The minimum Gasteiger partial charge on any atom is -0.379 e. The molecule has 1 fully saturated rings. The van der Waals surface area contributed by atoms with E-state index in [1.807, 2.05) is 24.3 Å². The molecule has 1 unspecified atom stereocenters. The Hall–Kier alpha value is -0.910. The molecular weight excluding hydrogens is 284 g/mol. The molecule has 0 saturated carbocycles. The molecule has 92 valence electrons. The smallest absolute Gasteiger partial charge is 0.242 e. The Bertz CT molecular complexity index is 417. The molecule has 1 amide bonds. The van der Waals surface area contributed by atoms with E-state index < -0.39 is 5.54 Å². The molecular formula is C12H15BrN2O2. The highest BCUT2D eigenvalue weighted by Crippen LogP contribution is 2.16. The maximum absolute atomic E-state index is 11.9. The Kier molecular flexibility index (Phi) is 3.81. The van der Waals surface area contributed by atoms with Gasteiger partial charge in [0.2, 0.25) is 5.91 Å². The van der Waals surface area contributed by atoms with Crippen molar-refractivity contribution < 1.29 is 9.53 Å². The lowest BCUT2D eigenvalue weighted by molar-refractivity contribution is -0.126. The van der Waals surface area contributed by atoms with Crippen LogP contribution in [0, 0.1) is 0 Å². The molecule has 0 bridgehead atoms. The zero-order valence-electron chi connectivity index (χ0n) is 9.41. The van der Waals surface area contributed by atoms with Gasteiger partial charge in [-0.2, -0.15) is 0 Å². The number of carbonyl (C=O) groups excluding carboxylic acids is 1. The molecule has 2 rings (SSSR count). The number of nitrogens with two attached hydrogens (primary N) is 1. The van der Waals surface area contributed by atoms with Crippen molar-refractivity contribution in [3.05, 3.63) is 34.3 Å². The third-order valence-electron chi connectivity index (χ3n) is 2.85. The SMILES string of the molecule is NC1(C(=O)NCc2cccc(Br)c2)CCOC1. The van der Waals surface area contributed by atoms with Crippen LogP contribution in [-0.2, 0) is 16.1 Å². The number of amides is 1. The van der Waals surface area contributed by atoms with E-state index in [0.29, 0.717) is 26.2 Å². The summed E-state index contributed by atoms with van der Waals surface area (Å²) in [5, 5.41) is 2.84. The Balaban J connectivity index is 1.92. The van der Waals surface area contributed by atoms with Crippen molar-refractivity contribution in [3.63, 3.8) is 0 Å². The fourth-order valence-electron chi connectivity index (χ4n) is 1.77. The van der Waals surface area contributed by atoms with Gasteiger partial charge >= 0.3 is 0 Å². The first-order chi connectivity index (χ1) is 8.10. The molecule has 3 N–H and O–H groups in total. The van der Waals surface area contributed by atoms with Crippen LogP contribution >= 0.6 is 15.9 Å². The maximum Gasteiger partial charge on any atom is 0.242 e. The topological polar surface area (TPSA) is 64.4 Å². The van der Waals surface area contributed by atoms with E-state index in [0.717, 1.165) is 10.0 Å². The number of rotatable bonds is 3. The Morgan fingerprint density at radius 3 is 3.06 bits per heavy atom. The van der Waals surface area contributed by atoms with Gasteiger partial charge in [-0.25, -0.2) is 0 Å². The van der Waals surface area contributed by atoms with Gasteiger partial charge in [0.05, 0.1) is 6.61 Å². The van der Waals surface area contributed by atoms with E-state index in [2.05, 4.69) is 21.2 Å². The summed E-state index contributed by atoms with van der Waals surface area (Å²) in [4.78, 5) is 11.9. The van der Waals surface area contributed by atoms with Crippen LogP contribution in [0.1, 0.15) is 12.0 Å². The van der Waals surface area contributed by atoms with Crippen LogP contribution in [-0.4, -0.2) is 24.7 Å². The van der Waals surface area contributed by atoms with Crippen LogP contribution in [0.2, 0.25) is 0 Å². The van der Waals surface area contributed by atoms with Crippen LogP contribution in [0.25, 0.3) is 0 Å². The largest absolute Gasteiger partial charge is 0.379 e. The number of ether oxygens (including phenoxy) is 1. The third-order valence-corrected chi connectivity index (χ3v) is 3.34. The van der Waals surface area contributed by atoms with Crippen LogP contribution in [0.3, 0.4) is 0 Å². The van der Waals surface area contributed by atoms with Crippen LogP contribution in [0.15, 0.2) is 28.7 Å². The third kappa shape index (κ3) is 3.06.